The van der Waals surface area contributed by atoms with Crippen molar-refractivity contribution in [1.29, 1.82) is 0 Å². The van der Waals surface area contributed by atoms with Gasteiger partial charge in [0, 0.05) is 25.1 Å². The largest absolute Gasteiger partial charge is 0.477 e. The van der Waals surface area contributed by atoms with Gasteiger partial charge in [-0.2, -0.15) is 0 Å². The summed E-state index contributed by atoms with van der Waals surface area (Å²) in [5, 5.41) is 6.35. The van der Waals surface area contributed by atoms with Crippen molar-refractivity contribution in [3.8, 4) is 5.88 Å². The van der Waals surface area contributed by atoms with Gasteiger partial charge < -0.3 is 29.9 Å². The maximum absolute atomic E-state index is 12.3. The van der Waals surface area contributed by atoms with Crippen molar-refractivity contribution < 1.29 is 23.6 Å². The van der Waals surface area contributed by atoms with Crippen molar-refractivity contribution in [3.05, 3.63) is 29.6 Å². The zero-order chi connectivity index (χ0) is 21.9. The number of amides is 2. The van der Waals surface area contributed by atoms with Gasteiger partial charge in [-0.3, -0.25) is 4.79 Å². The first-order chi connectivity index (χ1) is 14.1. The molecule has 30 heavy (non-hydrogen) atoms. The predicted molar refractivity (Wildman–Crippen MR) is 109 cm³/mol. The number of aryl methyl sites for hydroxylation is 1. The number of likely N-dealkylation sites (tertiary alicyclic amines) is 1. The van der Waals surface area contributed by atoms with Crippen LogP contribution in [0.15, 0.2) is 22.9 Å². The van der Waals surface area contributed by atoms with Crippen LogP contribution in [0.3, 0.4) is 0 Å². The van der Waals surface area contributed by atoms with E-state index in [0.717, 1.165) is 6.42 Å². The second-order valence-corrected chi connectivity index (χ2v) is 8.24. The van der Waals surface area contributed by atoms with Crippen LogP contribution in [0.25, 0.3) is 0 Å². The first-order valence-electron chi connectivity index (χ1n) is 9.72. The maximum Gasteiger partial charge on any atom is 0.410 e. The summed E-state index contributed by atoms with van der Waals surface area (Å²) in [5.74, 6) is 0.187. The fourth-order valence-electron chi connectivity index (χ4n) is 3.06. The van der Waals surface area contributed by atoms with Crippen LogP contribution in [0.1, 0.15) is 43.2 Å². The Labute approximate surface area is 174 Å². The summed E-state index contributed by atoms with van der Waals surface area (Å²) < 4.78 is 15.9. The van der Waals surface area contributed by atoms with Crippen LogP contribution in [0.5, 0.6) is 5.88 Å². The lowest BCUT2D eigenvalue weighted by Gasteiger charge is -2.24. The summed E-state index contributed by atoms with van der Waals surface area (Å²) in [7, 11) is 0. The molecular formula is C20H27N5O5. The van der Waals surface area contributed by atoms with Crippen LogP contribution in [0.2, 0.25) is 0 Å². The van der Waals surface area contributed by atoms with Crippen LogP contribution >= 0.6 is 0 Å². The van der Waals surface area contributed by atoms with Gasteiger partial charge in [0.15, 0.2) is 0 Å². The fourth-order valence-corrected chi connectivity index (χ4v) is 3.06. The molecule has 3 rings (SSSR count). The van der Waals surface area contributed by atoms with E-state index in [1.807, 2.05) is 20.8 Å². The van der Waals surface area contributed by atoms with Gasteiger partial charge in [0.05, 0.1) is 24.2 Å². The number of nitrogen functional groups attached to an aromatic ring is 1. The van der Waals surface area contributed by atoms with Gasteiger partial charge in [-0.25, -0.2) is 9.78 Å². The van der Waals surface area contributed by atoms with Crippen molar-refractivity contribution in [2.24, 2.45) is 5.92 Å². The predicted octanol–water partition coefficient (Wildman–Crippen LogP) is 2.85. The molecule has 0 spiro atoms. The number of aromatic nitrogens is 2. The van der Waals surface area contributed by atoms with Crippen LogP contribution in [0, 0.1) is 12.8 Å². The van der Waals surface area contributed by atoms with Crippen molar-refractivity contribution in [1.82, 2.24) is 15.0 Å². The molecule has 3 heterocycles. The highest BCUT2D eigenvalue weighted by Gasteiger charge is 2.30. The van der Waals surface area contributed by atoms with Gasteiger partial charge in [0.1, 0.15) is 11.2 Å². The standard InChI is InChI=1S/C20H27N5O5/c1-12-16(17(21)30-24-12)18(26)23-14-5-6-15(22-9-14)28-11-13-7-8-25(10-13)19(27)29-20(2,3)4/h5-6,9,13H,7-8,10-11,21H2,1-4H3,(H,23,26)/t13-/m1/s1. The van der Waals surface area contributed by atoms with E-state index in [4.69, 9.17) is 19.7 Å². The monoisotopic (exact) mass is 417 g/mol. The number of hydrogen-bond acceptors (Lipinski definition) is 8. The van der Waals surface area contributed by atoms with Crippen LogP contribution in [0.4, 0.5) is 16.4 Å². The van der Waals surface area contributed by atoms with E-state index in [9.17, 15) is 9.59 Å². The average molecular weight is 417 g/mol. The minimum Gasteiger partial charge on any atom is -0.477 e. The molecule has 0 aromatic carbocycles. The maximum atomic E-state index is 12.3. The van der Waals surface area contributed by atoms with E-state index in [0.29, 0.717) is 37.0 Å². The Hall–Kier alpha value is -3.30. The lowest BCUT2D eigenvalue weighted by Crippen LogP contribution is -2.35. The summed E-state index contributed by atoms with van der Waals surface area (Å²) in [5.41, 5.74) is 6.21. The summed E-state index contributed by atoms with van der Waals surface area (Å²) in [4.78, 5) is 30.3. The third-order valence-electron chi connectivity index (χ3n) is 4.51. The fraction of sp³-hybridized carbons (Fsp3) is 0.500. The van der Waals surface area contributed by atoms with Gasteiger partial charge in [-0.1, -0.05) is 5.16 Å². The smallest absolute Gasteiger partial charge is 0.410 e. The Kier molecular flexibility index (Phi) is 6.14. The lowest BCUT2D eigenvalue weighted by atomic mass is 10.1. The normalized spacial score (nSPS) is 16.4. The van der Waals surface area contributed by atoms with E-state index in [2.05, 4.69) is 15.5 Å². The molecule has 1 atom stereocenters. The van der Waals surface area contributed by atoms with Crippen LogP contribution < -0.4 is 15.8 Å². The third kappa shape index (κ3) is 5.40. The van der Waals surface area contributed by atoms with Crippen LogP contribution in [-0.2, 0) is 4.74 Å². The molecule has 0 saturated carbocycles. The van der Waals surface area contributed by atoms with Gasteiger partial charge in [0.25, 0.3) is 5.91 Å². The molecule has 10 nitrogen and oxygen atoms in total. The Bertz CT molecular complexity index is 884. The quantitative estimate of drug-likeness (QED) is 0.759. The van der Waals surface area contributed by atoms with Gasteiger partial charge in [-0.05, 0) is 40.2 Å². The Balaban J connectivity index is 1.47. The number of anilines is 2. The van der Waals surface area contributed by atoms with Gasteiger partial charge in [-0.15, -0.1) is 0 Å². The van der Waals surface area contributed by atoms with Crippen molar-refractivity contribution in [2.75, 3.05) is 30.7 Å². The van der Waals surface area contributed by atoms with E-state index in [-0.39, 0.29) is 23.5 Å². The lowest BCUT2D eigenvalue weighted by molar-refractivity contribution is 0.0284. The average Bonchev–Trinajstić information content (AvgIpc) is 3.26. The molecule has 1 aliphatic heterocycles. The molecule has 1 aliphatic rings. The van der Waals surface area contributed by atoms with Crippen LogP contribution in [-0.4, -0.2) is 52.3 Å². The van der Waals surface area contributed by atoms with Crippen molar-refractivity contribution in [2.45, 2.75) is 39.7 Å². The molecule has 2 amide bonds. The highest BCUT2D eigenvalue weighted by atomic mass is 16.6. The number of ether oxygens (including phenoxy) is 2. The molecule has 1 saturated heterocycles. The summed E-state index contributed by atoms with van der Waals surface area (Å²) >= 11 is 0. The molecule has 2 aromatic rings. The Morgan fingerprint density at radius 2 is 2.13 bits per heavy atom. The molecule has 0 radical (unpaired) electrons. The SMILES string of the molecule is Cc1noc(N)c1C(=O)Nc1ccc(OC[C@@H]2CCN(C(=O)OC(C)(C)C)C2)nc1. The topological polar surface area (TPSA) is 133 Å². The molecule has 162 valence electrons. The van der Waals surface area contributed by atoms with Crippen molar-refractivity contribution in [3.63, 3.8) is 0 Å². The second kappa shape index (κ2) is 8.60. The molecule has 0 aliphatic carbocycles. The second-order valence-electron chi connectivity index (χ2n) is 8.24. The summed E-state index contributed by atoms with van der Waals surface area (Å²) in [6, 6.07) is 3.35. The Morgan fingerprint density at radius 3 is 2.73 bits per heavy atom. The molecule has 0 bridgehead atoms. The number of pyridine rings is 1. The minimum atomic E-state index is -0.509. The highest BCUT2D eigenvalue weighted by Crippen LogP contribution is 2.22. The molecule has 2 aromatic heterocycles. The van der Waals surface area contributed by atoms with Crippen molar-refractivity contribution >= 4 is 23.6 Å². The number of hydrogen-bond donors (Lipinski definition) is 2. The number of carbonyl (C=O) groups excluding carboxylic acids is 2. The van der Waals surface area contributed by atoms with Gasteiger partial charge >= 0.3 is 6.09 Å². The van der Waals surface area contributed by atoms with E-state index >= 15 is 0 Å². The molecule has 0 unspecified atom stereocenters. The van der Waals surface area contributed by atoms with E-state index in [1.54, 1.807) is 24.0 Å². The number of rotatable bonds is 5. The Morgan fingerprint density at radius 1 is 1.37 bits per heavy atom. The highest BCUT2D eigenvalue weighted by molar-refractivity contribution is 6.07. The first kappa shape index (κ1) is 21.4. The van der Waals surface area contributed by atoms with Gasteiger partial charge in [0.2, 0.25) is 11.8 Å². The first-order valence-corrected chi connectivity index (χ1v) is 9.72. The minimum absolute atomic E-state index is 0.0325. The molecular weight excluding hydrogens is 390 g/mol. The van der Waals surface area contributed by atoms with E-state index in [1.165, 1.54) is 6.20 Å². The molecule has 3 N–H and O–H groups in total. The third-order valence-corrected chi connectivity index (χ3v) is 4.51. The van der Waals surface area contributed by atoms with E-state index < -0.39 is 11.5 Å². The number of carbonyl (C=O) groups is 2. The number of nitrogens with zero attached hydrogens (tertiary/aromatic N) is 3. The number of nitrogens with one attached hydrogen (secondary N) is 1. The molecule has 1 fully saturated rings. The molecule has 10 heteroatoms. The zero-order valence-electron chi connectivity index (χ0n) is 17.6. The zero-order valence-corrected chi connectivity index (χ0v) is 17.6. The summed E-state index contributed by atoms with van der Waals surface area (Å²) in [6.07, 6.45) is 2.03. The number of nitrogens with two attached hydrogens (primary N) is 1. The summed E-state index contributed by atoms with van der Waals surface area (Å²) in [6.45, 7) is 8.85.